The van der Waals surface area contributed by atoms with E-state index in [9.17, 15) is 9.18 Å². The number of carbonyl (C=O) groups excluding carboxylic acids is 1. The van der Waals surface area contributed by atoms with Gasteiger partial charge >= 0.3 is 0 Å². The molecule has 2 nitrogen and oxygen atoms in total. The summed E-state index contributed by atoms with van der Waals surface area (Å²) in [7, 11) is 0. The molecule has 0 aromatic carbocycles. The van der Waals surface area contributed by atoms with Gasteiger partial charge in [0.25, 0.3) is 0 Å². The zero-order valence-corrected chi connectivity index (χ0v) is 8.54. The Balaban J connectivity index is 1.69. The Kier molecular flexibility index (Phi) is 3.16. The van der Waals surface area contributed by atoms with Crippen LogP contribution in [0.25, 0.3) is 0 Å². The number of alkyl halides is 1. The molecule has 1 saturated carbocycles. The van der Waals surface area contributed by atoms with Crippen LogP contribution in [0.4, 0.5) is 4.39 Å². The van der Waals surface area contributed by atoms with Crippen molar-refractivity contribution < 1.29 is 9.18 Å². The highest BCUT2D eigenvalue weighted by Crippen LogP contribution is 2.25. The van der Waals surface area contributed by atoms with Gasteiger partial charge < -0.3 is 4.90 Å². The van der Waals surface area contributed by atoms with E-state index in [0.29, 0.717) is 18.7 Å². The standard InChI is InChI=1S/C11H18FNO/c12-10-5-7-13(8-10)6-4-9-2-1-3-11(9)14/h9-10H,1-8H2. The summed E-state index contributed by atoms with van der Waals surface area (Å²) in [5.74, 6) is 0.717. The van der Waals surface area contributed by atoms with Crippen LogP contribution in [0.2, 0.25) is 0 Å². The molecule has 1 saturated heterocycles. The summed E-state index contributed by atoms with van der Waals surface area (Å²) in [5, 5.41) is 0. The van der Waals surface area contributed by atoms with E-state index in [1.54, 1.807) is 0 Å². The van der Waals surface area contributed by atoms with Crippen LogP contribution in [-0.4, -0.2) is 36.5 Å². The van der Waals surface area contributed by atoms with Crippen molar-refractivity contribution in [2.75, 3.05) is 19.6 Å². The lowest BCUT2D eigenvalue weighted by Crippen LogP contribution is -2.25. The van der Waals surface area contributed by atoms with Crippen LogP contribution >= 0.6 is 0 Å². The first kappa shape index (κ1) is 10.1. The molecule has 2 aliphatic rings. The van der Waals surface area contributed by atoms with Crippen LogP contribution in [0.15, 0.2) is 0 Å². The van der Waals surface area contributed by atoms with Crippen LogP contribution in [-0.2, 0) is 4.79 Å². The lowest BCUT2D eigenvalue weighted by molar-refractivity contribution is -0.120. The molecular weight excluding hydrogens is 181 g/mol. The third-order valence-corrected chi connectivity index (χ3v) is 3.44. The second-order valence-electron chi connectivity index (χ2n) is 4.53. The van der Waals surface area contributed by atoms with Gasteiger partial charge in [0, 0.05) is 25.4 Å². The molecule has 1 aliphatic carbocycles. The topological polar surface area (TPSA) is 20.3 Å². The van der Waals surface area contributed by atoms with Crippen molar-refractivity contribution in [3.8, 4) is 0 Å². The summed E-state index contributed by atoms with van der Waals surface area (Å²) in [6, 6.07) is 0. The summed E-state index contributed by atoms with van der Waals surface area (Å²) >= 11 is 0. The molecule has 0 aromatic rings. The fraction of sp³-hybridized carbons (Fsp3) is 0.909. The Morgan fingerprint density at radius 1 is 1.43 bits per heavy atom. The Morgan fingerprint density at radius 2 is 2.29 bits per heavy atom. The number of hydrogen-bond acceptors (Lipinski definition) is 2. The van der Waals surface area contributed by atoms with Crippen molar-refractivity contribution in [2.45, 2.75) is 38.3 Å². The van der Waals surface area contributed by atoms with E-state index in [4.69, 9.17) is 0 Å². The van der Waals surface area contributed by atoms with Gasteiger partial charge in [-0.3, -0.25) is 4.79 Å². The van der Waals surface area contributed by atoms with Gasteiger partial charge in [-0.2, -0.15) is 0 Å². The quantitative estimate of drug-likeness (QED) is 0.690. The molecule has 2 rings (SSSR count). The summed E-state index contributed by atoms with van der Waals surface area (Å²) in [4.78, 5) is 13.5. The largest absolute Gasteiger partial charge is 0.300 e. The van der Waals surface area contributed by atoms with E-state index in [-0.39, 0.29) is 5.92 Å². The second-order valence-corrected chi connectivity index (χ2v) is 4.53. The predicted octanol–water partition coefficient (Wildman–Crippen LogP) is 1.79. The van der Waals surface area contributed by atoms with Crippen LogP contribution in [0.5, 0.6) is 0 Å². The predicted molar refractivity (Wildman–Crippen MR) is 52.9 cm³/mol. The minimum absolute atomic E-state index is 0.286. The number of nitrogens with zero attached hydrogens (tertiary/aromatic N) is 1. The van der Waals surface area contributed by atoms with Crippen LogP contribution in [0.1, 0.15) is 32.1 Å². The third-order valence-electron chi connectivity index (χ3n) is 3.44. The van der Waals surface area contributed by atoms with E-state index in [0.717, 1.165) is 38.8 Å². The van der Waals surface area contributed by atoms with Crippen molar-refractivity contribution in [3.05, 3.63) is 0 Å². The SMILES string of the molecule is O=C1CCCC1CCN1CCC(F)C1. The number of rotatable bonds is 3. The Morgan fingerprint density at radius 3 is 2.86 bits per heavy atom. The average Bonchev–Trinajstić information content (AvgIpc) is 2.72. The highest BCUT2D eigenvalue weighted by Gasteiger charge is 2.26. The fourth-order valence-corrected chi connectivity index (χ4v) is 2.52. The highest BCUT2D eigenvalue weighted by atomic mass is 19.1. The third kappa shape index (κ3) is 2.32. The molecule has 0 amide bonds. The number of ketones is 1. The zero-order chi connectivity index (χ0) is 9.97. The van der Waals surface area contributed by atoms with Crippen molar-refractivity contribution in [1.82, 2.24) is 4.90 Å². The molecule has 0 aromatic heterocycles. The smallest absolute Gasteiger partial charge is 0.136 e. The monoisotopic (exact) mass is 199 g/mol. The van der Waals surface area contributed by atoms with Gasteiger partial charge in [-0.25, -0.2) is 4.39 Å². The van der Waals surface area contributed by atoms with Crippen LogP contribution in [0, 0.1) is 5.92 Å². The van der Waals surface area contributed by atoms with E-state index >= 15 is 0 Å². The van der Waals surface area contributed by atoms with Gasteiger partial charge in [0.2, 0.25) is 0 Å². The molecule has 80 valence electrons. The van der Waals surface area contributed by atoms with Gasteiger partial charge in [0.05, 0.1) is 0 Å². The van der Waals surface area contributed by atoms with Crippen molar-refractivity contribution in [1.29, 1.82) is 0 Å². The molecule has 0 radical (unpaired) electrons. The summed E-state index contributed by atoms with van der Waals surface area (Å²) in [6.45, 7) is 2.37. The number of hydrogen-bond donors (Lipinski definition) is 0. The summed E-state index contributed by atoms with van der Waals surface area (Å²) in [6.07, 6.45) is 3.90. The van der Waals surface area contributed by atoms with E-state index in [1.165, 1.54) is 0 Å². The molecule has 0 N–H and O–H groups in total. The molecule has 2 unspecified atom stereocenters. The minimum atomic E-state index is -0.630. The first-order chi connectivity index (χ1) is 6.75. The lowest BCUT2D eigenvalue weighted by Gasteiger charge is -2.16. The molecule has 2 atom stereocenters. The molecule has 1 aliphatic heterocycles. The maximum Gasteiger partial charge on any atom is 0.136 e. The van der Waals surface area contributed by atoms with Gasteiger partial charge in [-0.15, -0.1) is 0 Å². The van der Waals surface area contributed by atoms with E-state index in [2.05, 4.69) is 4.90 Å². The maximum absolute atomic E-state index is 12.8. The van der Waals surface area contributed by atoms with Crippen molar-refractivity contribution >= 4 is 5.78 Å². The Hall–Kier alpha value is -0.440. The van der Waals surface area contributed by atoms with E-state index in [1.807, 2.05) is 0 Å². The second kappa shape index (κ2) is 4.39. The van der Waals surface area contributed by atoms with E-state index < -0.39 is 6.17 Å². The molecule has 0 bridgehead atoms. The Bertz CT molecular complexity index is 219. The van der Waals surface area contributed by atoms with Crippen molar-refractivity contribution in [2.24, 2.45) is 5.92 Å². The summed E-state index contributed by atoms with van der Waals surface area (Å²) in [5.41, 5.74) is 0. The summed E-state index contributed by atoms with van der Waals surface area (Å²) < 4.78 is 12.8. The number of likely N-dealkylation sites (tertiary alicyclic amines) is 1. The first-order valence-corrected chi connectivity index (χ1v) is 5.65. The molecule has 2 fully saturated rings. The minimum Gasteiger partial charge on any atom is -0.300 e. The average molecular weight is 199 g/mol. The normalized spacial score (nSPS) is 34.2. The zero-order valence-electron chi connectivity index (χ0n) is 8.54. The van der Waals surface area contributed by atoms with Gasteiger partial charge in [-0.1, -0.05) is 0 Å². The van der Waals surface area contributed by atoms with Gasteiger partial charge in [0.1, 0.15) is 12.0 Å². The van der Waals surface area contributed by atoms with Crippen molar-refractivity contribution in [3.63, 3.8) is 0 Å². The molecular formula is C11H18FNO. The first-order valence-electron chi connectivity index (χ1n) is 5.65. The van der Waals surface area contributed by atoms with Gasteiger partial charge in [-0.05, 0) is 32.2 Å². The number of Topliss-reactive ketones (excluding diaryl/α,β-unsaturated/α-hetero) is 1. The highest BCUT2D eigenvalue weighted by molar-refractivity contribution is 5.82. The fourth-order valence-electron chi connectivity index (χ4n) is 2.52. The van der Waals surface area contributed by atoms with Gasteiger partial charge in [0.15, 0.2) is 0 Å². The lowest BCUT2D eigenvalue weighted by atomic mass is 10.0. The maximum atomic E-state index is 12.8. The molecule has 1 heterocycles. The van der Waals surface area contributed by atoms with Crippen LogP contribution < -0.4 is 0 Å². The molecule has 0 spiro atoms. The molecule has 3 heteroatoms. The number of halogens is 1. The number of carbonyl (C=O) groups is 1. The molecule has 14 heavy (non-hydrogen) atoms. The Labute approximate surface area is 84.5 Å². The van der Waals surface area contributed by atoms with Crippen LogP contribution in [0.3, 0.4) is 0 Å².